The molecule has 2 aromatic rings. The lowest BCUT2D eigenvalue weighted by atomic mass is 10.2. The molecule has 0 saturated carbocycles. The van der Waals surface area contributed by atoms with Crippen LogP contribution in [0.15, 0.2) is 48.5 Å². The topological polar surface area (TPSA) is 53.6 Å². The SMILES string of the molecule is CCCN(CCC)Cc1ccc(Oc2ccc(NC(=O)[C@@H]3CCCN3)cc2)cc1. The fourth-order valence-corrected chi connectivity index (χ4v) is 3.70. The number of carbonyl (C=O) groups is 1. The minimum atomic E-state index is -0.0741. The van der Waals surface area contributed by atoms with Crippen LogP contribution in [0, 0.1) is 0 Å². The zero-order valence-electron chi connectivity index (χ0n) is 17.6. The molecular weight excluding hydrogens is 362 g/mol. The van der Waals surface area contributed by atoms with Crippen molar-refractivity contribution >= 4 is 11.6 Å². The minimum Gasteiger partial charge on any atom is -0.457 e. The Morgan fingerprint density at radius 3 is 2.21 bits per heavy atom. The van der Waals surface area contributed by atoms with E-state index in [1.807, 2.05) is 36.4 Å². The van der Waals surface area contributed by atoms with E-state index < -0.39 is 0 Å². The zero-order valence-corrected chi connectivity index (χ0v) is 17.6. The maximum Gasteiger partial charge on any atom is 0.241 e. The molecule has 1 aliphatic heterocycles. The first-order valence-corrected chi connectivity index (χ1v) is 10.8. The van der Waals surface area contributed by atoms with Crippen molar-refractivity contribution in [3.8, 4) is 11.5 Å². The molecule has 5 heteroatoms. The molecule has 0 spiro atoms. The Balaban J connectivity index is 1.52. The fourth-order valence-electron chi connectivity index (χ4n) is 3.70. The van der Waals surface area contributed by atoms with Gasteiger partial charge < -0.3 is 15.4 Å². The lowest BCUT2D eigenvalue weighted by Gasteiger charge is -2.21. The van der Waals surface area contributed by atoms with Gasteiger partial charge in [-0.2, -0.15) is 0 Å². The van der Waals surface area contributed by atoms with E-state index in [2.05, 4.69) is 41.5 Å². The normalized spacial score (nSPS) is 16.2. The summed E-state index contributed by atoms with van der Waals surface area (Å²) in [6.07, 6.45) is 4.31. The van der Waals surface area contributed by atoms with E-state index in [1.165, 1.54) is 18.4 Å². The van der Waals surface area contributed by atoms with Crippen molar-refractivity contribution in [2.75, 3.05) is 25.0 Å². The van der Waals surface area contributed by atoms with Gasteiger partial charge in [-0.15, -0.1) is 0 Å². The van der Waals surface area contributed by atoms with E-state index >= 15 is 0 Å². The molecule has 1 heterocycles. The molecule has 1 amide bonds. The van der Waals surface area contributed by atoms with Crippen molar-refractivity contribution in [1.29, 1.82) is 0 Å². The van der Waals surface area contributed by atoms with Crippen LogP contribution in [-0.2, 0) is 11.3 Å². The smallest absolute Gasteiger partial charge is 0.241 e. The number of rotatable bonds is 10. The molecule has 156 valence electrons. The number of hydrogen-bond donors (Lipinski definition) is 2. The van der Waals surface area contributed by atoms with Gasteiger partial charge in [-0.1, -0.05) is 26.0 Å². The maximum atomic E-state index is 12.2. The Morgan fingerprint density at radius 2 is 1.66 bits per heavy atom. The van der Waals surface area contributed by atoms with Gasteiger partial charge in [0.15, 0.2) is 0 Å². The fraction of sp³-hybridized carbons (Fsp3) is 0.458. The Bertz CT molecular complexity index is 747. The van der Waals surface area contributed by atoms with Crippen molar-refractivity contribution in [2.24, 2.45) is 0 Å². The summed E-state index contributed by atoms with van der Waals surface area (Å²) in [5.74, 6) is 1.61. The second-order valence-corrected chi connectivity index (χ2v) is 7.68. The van der Waals surface area contributed by atoms with Crippen molar-refractivity contribution in [3.63, 3.8) is 0 Å². The Hall–Kier alpha value is -2.37. The van der Waals surface area contributed by atoms with Gasteiger partial charge in [-0.05, 0) is 87.3 Å². The highest BCUT2D eigenvalue weighted by Gasteiger charge is 2.21. The molecule has 1 fully saturated rings. The van der Waals surface area contributed by atoms with Crippen molar-refractivity contribution < 1.29 is 9.53 Å². The lowest BCUT2D eigenvalue weighted by molar-refractivity contribution is -0.117. The molecule has 0 unspecified atom stereocenters. The molecule has 1 atom stereocenters. The third-order valence-electron chi connectivity index (χ3n) is 5.14. The van der Waals surface area contributed by atoms with Crippen LogP contribution in [0.3, 0.4) is 0 Å². The number of amides is 1. The van der Waals surface area contributed by atoms with E-state index in [0.717, 1.165) is 56.2 Å². The highest BCUT2D eigenvalue weighted by atomic mass is 16.5. The van der Waals surface area contributed by atoms with Gasteiger partial charge in [0.2, 0.25) is 5.91 Å². The molecule has 2 N–H and O–H groups in total. The molecule has 0 aromatic heterocycles. The van der Waals surface area contributed by atoms with Gasteiger partial charge in [0.1, 0.15) is 11.5 Å². The number of anilines is 1. The maximum absolute atomic E-state index is 12.2. The Labute approximate surface area is 174 Å². The Morgan fingerprint density at radius 1 is 1.03 bits per heavy atom. The van der Waals surface area contributed by atoms with Gasteiger partial charge in [-0.3, -0.25) is 9.69 Å². The highest BCUT2D eigenvalue weighted by Crippen LogP contribution is 2.24. The van der Waals surface area contributed by atoms with Crippen LogP contribution >= 0.6 is 0 Å². The van der Waals surface area contributed by atoms with Gasteiger partial charge in [0.25, 0.3) is 0 Å². The first kappa shape index (κ1) is 21.3. The summed E-state index contributed by atoms with van der Waals surface area (Å²) in [5.41, 5.74) is 2.09. The molecule has 0 aliphatic carbocycles. The van der Waals surface area contributed by atoms with Crippen LogP contribution < -0.4 is 15.4 Å². The summed E-state index contributed by atoms with van der Waals surface area (Å²) in [6.45, 7) is 8.60. The highest BCUT2D eigenvalue weighted by molar-refractivity contribution is 5.95. The number of nitrogens with one attached hydrogen (secondary N) is 2. The number of carbonyl (C=O) groups excluding carboxylic acids is 1. The molecule has 0 bridgehead atoms. The van der Waals surface area contributed by atoms with Crippen LogP contribution in [0.2, 0.25) is 0 Å². The van der Waals surface area contributed by atoms with Crippen molar-refractivity contribution in [2.45, 2.75) is 52.1 Å². The van der Waals surface area contributed by atoms with Crippen LogP contribution in [-0.4, -0.2) is 36.5 Å². The largest absolute Gasteiger partial charge is 0.457 e. The molecule has 3 rings (SSSR count). The number of benzene rings is 2. The standard InChI is InChI=1S/C24H33N3O2/c1-3-16-27(17-4-2)18-19-7-11-21(12-8-19)29-22-13-9-20(10-14-22)26-24(28)23-6-5-15-25-23/h7-14,23,25H,3-6,15-18H2,1-2H3,(H,26,28)/t23-/m0/s1. The molecule has 5 nitrogen and oxygen atoms in total. The molecular formula is C24H33N3O2. The van der Waals surface area contributed by atoms with E-state index in [-0.39, 0.29) is 11.9 Å². The molecule has 1 saturated heterocycles. The summed E-state index contributed by atoms with van der Waals surface area (Å²) >= 11 is 0. The van der Waals surface area contributed by atoms with Crippen LogP contribution in [0.5, 0.6) is 11.5 Å². The van der Waals surface area contributed by atoms with E-state index in [9.17, 15) is 4.79 Å². The zero-order chi connectivity index (χ0) is 20.5. The van der Waals surface area contributed by atoms with Crippen LogP contribution in [0.4, 0.5) is 5.69 Å². The Kier molecular flexibility index (Phi) is 8.08. The number of nitrogens with zero attached hydrogens (tertiary/aromatic N) is 1. The molecule has 29 heavy (non-hydrogen) atoms. The van der Waals surface area contributed by atoms with Crippen LogP contribution in [0.1, 0.15) is 45.1 Å². The summed E-state index contributed by atoms with van der Waals surface area (Å²) < 4.78 is 5.95. The average Bonchev–Trinajstić information content (AvgIpc) is 3.26. The van der Waals surface area contributed by atoms with E-state index in [1.54, 1.807) is 0 Å². The van der Waals surface area contributed by atoms with Gasteiger partial charge in [-0.25, -0.2) is 0 Å². The summed E-state index contributed by atoms with van der Waals surface area (Å²) in [6, 6.07) is 15.8. The predicted molar refractivity (Wildman–Crippen MR) is 118 cm³/mol. The monoisotopic (exact) mass is 395 g/mol. The molecule has 1 aliphatic rings. The number of ether oxygens (including phenoxy) is 1. The van der Waals surface area contributed by atoms with Gasteiger partial charge in [0, 0.05) is 12.2 Å². The summed E-state index contributed by atoms with van der Waals surface area (Å²) in [5, 5.41) is 6.17. The van der Waals surface area contributed by atoms with E-state index in [4.69, 9.17) is 4.74 Å². The third kappa shape index (κ3) is 6.58. The summed E-state index contributed by atoms with van der Waals surface area (Å²) in [4.78, 5) is 14.7. The predicted octanol–water partition coefficient (Wildman–Crippen LogP) is 4.79. The second kappa shape index (κ2) is 11.0. The van der Waals surface area contributed by atoms with Crippen molar-refractivity contribution in [3.05, 3.63) is 54.1 Å². The lowest BCUT2D eigenvalue weighted by Crippen LogP contribution is -2.35. The summed E-state index contributed by atoms with van der Waals surface area (Å²) in [7, 11) is 0. The third-order valence-corrected chi connectivity index (χ3v) is 5.14. The number of hydrogen-bond acceptors (Lipinski definition) is 4. The minimum absolute atomic E-state index is 0.0342. The second-order valence-electron chi connectivity index (χ2n) is 7.68. The van der Waals surface area contributed by atoms with Crippen LogP contribution in [0.25, 0.3) is 0 Å². The van der Waals surface area contributed by atoms with Gasteiger partial charge >= 0.3 is 0 Å². The average molecular weight is 396 g/mol. The van der Waals surface area contributed by atoms with Gasteiger partial charge in [0.05, 0.1) is 6.04 Å². The first-order valence-electron chi connectivity index (χ1n) is 10.8. The van der Waals surface area contributed by atoms with E-state index in [0.29, 0.717) is 0 Å². The molecule has 0 radical (unpaired) electrons. The van der Waals surface area contributed by atoms with Crippen molar-refractivity contribution in [1.82, 2.24) is 10.2 Å². The molecule has 2 aromatic carbocycles. The quantitative estimate of drug-likeness (QED) is 0.607. The first-order chi connectivity index (χ1) is 14.2.